The van der Waals surface area contributed by atoms with Gasteiger partial charge in [-0.15, -0.1) is 11.8 Å². The van der Waals surface area contributed by atoms with Crippen LogP contribution in [0.5, 0.6) is 0 Å². The van der Waals surface area contributed by atoms with Gasteiger partial charge in [-0.2, -0.15) is 0 Å². The Morgan fingerprint density at radius 2 is 1.95 bits per heavy atom. The Balaban J connectivity index is 2.11. The molecule has 3 atom stereocenters. The van der Waals surface area contributed by atoms with Crippen LogP contribution in [0.3, 0.4) is 0 Å². The topological polar surface area (TPSA) is 86.6 Å². The third-order valence-electron chi connectivity index (χ3n) is 3.22. The van der Waals surface area contributed by atoms with Crippen LogP contribution in [-0.2, 0) is 9.59 Å². The zero-order valence-electron chi connectivity index (χ0n) is 10.5. The summed E-state index contributed by atoms with van der Waals surface area (Å²) < 4.78 is 0.969. The lowest BCUT2D eigenvalue weighted by molar-refractivity contribution is -0.141. The molecule has 1 aromatic rings. The van der Waals surface area contributed by atoms with E-state index >= 15 is 0 Å². The van der Waals surface area contributed by atoms with Crippen molar-refractivity contribution in [2.45, 2.75) is 22.6 Å². The van der Waals surface area contributed by atoms with Gasteiger partial charge in [0.1, 0.15) is 6.04 Å². The van der Waals surface area contributed by atoms with Crippen LogP contribution in [0.25, 0.3) is 0 Å². The first-order valence-electron chi connectivity index (χ1n) is 6.07. The van der Waals surface area contributed by atoms with Crippen molar-refractivity contribution in [3.63, 3.8) is 0 Å². The minimum atomic E-state index is -0.991. The predicted molar refractivity (Wildman–Crippen MR) is 79.0 cm³/mol. The Morgan fingerprint density at radius 3 is 2.50 bits per heavy atom. The zero-order valence-corrected chi connectivity index (χ0v) is 12.9. The molecule has 0 bridgehead atoms. The van der Waals surface area contributed by atoms with Crippen molar-refractivity contribution < 1.29 is 19.8 Å². The van der Waals surface area contributed by atoms with Gasteiger partial charge in [0.25, 0.3) is 0 Å². The fourth-order valence-electron chi connectivity index (χ4n) is 2.30. The molecule has 3 N–H and O–H groups in total. The molecule has 1 fully saturated rings. The van der Waals surface area contributed by atoms with Crippen LogP contribution in [-0.4, -0.2) is 40.0 Å². The summed E-state index contributed by atoms with van der Waals surface area (Å²) in [5.41, 5.74) is 0. The molecule has 0 spiro atoms. The van der Waals surface area contributed by atoms with Gasteiger partial charge in [-0.3, -0.25) is 9.59 Å². The molecule has 1 unspecified atom stereocenters. The molecular weight excluding hydrogens is 346 g/mol. The Morgan fingerprint density at radius 1 is 1.30 bits per heavy atom. The van der Waals surface area contributed by atoms with Gasteiger partial charge in [-0.1, -0.05) is 15.9 Å². The van der Waals surface area contributed by atoms with Crippen LogP contribution in [0.1, 0.15) is 6.42 Å². The first kappa shape index (κ1) is 15.3. The molecule has 108 valence electrons. The number of carboxylic acids is 2. The van der Waals surface area contributed by atoms with Crippen molar-refractivity contribution in [2.24, 2.45) is 5.92 Å². The van der Waals surface area contributed by atoms with Crippen molar-refractivity contribution in [3.8, 4) is 0 Å². The van der Waals surface area contributed by atoms with E-state index < -0.39 is 23.9 Å². The zero-order chi connectivity index (χ0) is 14.7. The first-order chi connectivity index (χ1) is 9.47. The summed E-state index contributed by atoms with van der Waals surface area (Å²) in [6.45, 7) is 0.496. The molecule has 1 aromatic carbocycles. The predicted octanol–water partition coefficient (Wildman–Crippen LogP) is 2.06. The van der Waals surface area contributed by atoms with E-state index in [9.17, 15) is 9.59 Å². The molecule has 0 saturated carbocycles. The highest BCUT2D eigenvalue weighted by molar-refractivity contribution is 9.10. The van der Waals surface area contributed by atoms with Gasteiger partial charge >= 0.3 is 11.9 Å². The van der Waals surface area contributed by atoms with E-state index in [1.165, 1.54) is 11.8 Å². The van der Waals surface area contributed by atoms with Gasteiger partial charge in [-0.05, 0) is 24.3 Å². The van der Waals surface area contributed by atoms with Gasteiger partial charge in [0, 0.05) is 27.1 Å². The minimum absolute atomic E-state index is 0.0617. The van der Waals surface area contributed by atoms with Crippen LogP contribution in [0.2, 0.25) is 0 Å². The lowest BCUT2D eigenvalue weighted by atomic mass is 9.96. The Labute approximate surface area is 128 Å². The maximum Gasteiger partial charge on any atom is 0.321 e. The van der Waals surface area contributed by atoms with E-state index in [2.05, 4.69) is 21.2 Å². The lowest BCUT2D eigenvalue weighted by Crippen LogP contribution is -2.37. The summed E-state index contributed by atoms with van der Waals surface area (Å²) in [5.74, 6) is -2.37. The molecule has 1 aliphatic rings. The number of halogens is 1. The molecule has 1 heterocycles. The fourth-order valence-corrected chi connectivity index (χ4v) is 3.81. The van der Waals surface area contributed by atoms with Crippen molar-refractivity contribution >= 4 is 39.6 Å². The summed E-state index contributed by atoms with van der Waals surface area (Å²) in [6, 6.07) is 6.89. The number of thioether (sulfide) groups is 1. The molecule has 0 amide bonds. The SMILES string of the molecule is O=C(O)C[C@@H]1C(C(=O)O)NC[C@@H]1Sc1ccc(Br)cc1. The van der Waals surface area contributed by atoms with Crippen molar-refractivity contribution in [2.75, 3.05) is 6.54 Å². The van der Waals surface area contributed by atoms with Crippen molar-refractivity contribution in [1.29, 1.82) is 0 Å². The monoisotopic (exact) mass is 359 g/mol. The van der Waals surface area contributed by atoms with Gasteiger partial charge in [0.05, 0.1) is 6.42 Å². The van der Waals surface area contributed by atoms with Crippen molar-refractivity contribution in [3.05, 3.63) is 28.7 Å². The average Bonchev–Trinajstić information content (AvgIpc) is 2.75. The molecule has 2 rings (SSSR count). The number of hydrogen-bond acceptors (Lipinski definition) is 4. The Kier molecular flexibility index (Phi) is 5.06. The van der Waals surface area contributed by atoms with E-state index in [1.807, 2.05) is 24.3 Å². The smallest absolute Gasteiger partial charge is 0.321 e. The summed E-state index contributed by atoms with van der Waals surface area (Å²) >= 11 is 4.88. The van der Waals surface area contributed by atoms with Gasteiger partial charge in [-0.25, -0.2) is 0 Å². The third-order valence-corrected chi connectivity index (χ3v) is 5.11. The summed E-state index contributed by atoms with van der Waals surface area (Å²) in [7, 11) is 0. The second kappa shape index (κ2) is 6.60. The number of benzene rings is 1. The third kappa shape index (κ3) is 3.74. The van der Waals surface area contributed by atoms with Crippen LogP contribution in [0.15, 0.2) is 33.6 Å². The number of carbonyl (C=O) groups is 2. The maximum absolute atomic E-state index is 11.2. The number of aliphatic carboxylic acids is 2. The highest BCUT2D eigenvalue weighted by atomic mass is 79.9. The molecule has 1 aliphatic heterocycles. The van der Waals surface area contributed by atoms with Crippen molar-refractivity contribution in [1.82, 2.24) is 5.32 Å². The fraction of sp³-hybridized carbons (Fsp3) is 0.385. The highest BCUT2D eigenvalue weighted by Crippen LogP contribution is 2.35. The number of rotatable bonds is 5. The highest BCUT2D eigenvalue weighted by Gasteiger charge is 2.41. The lowest BCUT2D eigenvalue weighted by Gasteiger charge is -2.19. The van der Waals surface area contributed by atoms with E-state index in [0.29, 0.717) is 6.54 Å². The van der Waals surface area contributed by atoms with E-state index in [-0.39, 0.29) is 11.7 Å². The summed E-state index contributed by atoms with van der Waals surface area (Å²) in [6.07, 6.45) is -0.141. The second-order valence-electron chi connectivity index (χ2n) is 4.60. The standard InChI is InChI=1S/C13H14BrNO4S/c14-7-1-3-8(4-2-7)20-10-6-15-12(13(18)19)9(10)5-11(16)17/h1-4,9-10,12,15H,5-6H2,(H,16,17)(H,18,19)/t9-,10-,12?/m0/s1. The molecule has 0 aromatic heterocycles. The van der Waals surface area contributed by atoms with Gasteiger partial charge < -0.3 is 15.5 Å². The molecule has 0 radical (unpaired) electrons. The number of carboxylic acid groups (broad SMARTS) is 2. The summed E-state index contributed by atoms with van der Waals surface area (Å²) in [5, 5.41) is 20.9. The Bertz CT molecular complexity index is 508. The van der Waals surface area contributed by atoms with Gasteiger partial charge in [0.15, 0.2) is 0 Å². The Hall–Kier alpha value is -1.05. The van der Waals surface area contributed by atoms with Crippen LogP contribution in [0, 0.1) is 5.92 Å². The average molecular weight is 360 g/mol. The minimum Gasteiger partial charge on any atom is -0.481 e. The molecule has 0 aliphatic carbocycles. The second-order valence-corrected chi connectivity index (χ2v) is 6.82. The number of hydrogen-bond donors (Lipinski definition) is 3. The quantitative estimate of drug-likeness (QED) is 0.745. The summed E-state index contributed by atoms with van der Waals surface area (Å²) in [4.78, 5) is 23.1. The molecule has 5 nitrogen and oxygen atoms in total. The van der Waals surface area contributed by atoms with E-state index in [0.717, 1.165) is 9.37 Å². The molecule has 20 heavy (non-hydrogen) atoms. The largest absolute Gasteiger partial charge is 0.481 e. The van der Waals surface area contributed by atoms with E-state index in [4.69, 9.17) is 10.2 Å². The number of nitrogens with one attached hydrogen (secondary N) is 1. The normalized spacial score (nSPS) is 25.6. The first-order valence-corrected chi connectivity index (χ1v) is 7.75. The van der Waals surface area contributed by atoms with E-state index in [1.54, 1.807) is 0 Å². The van der Waals surface area contributed by atoms with Crippen LogP contribution < -0.4 is 5.32 Å². The molecular formula is C13H14BrNO4S. The van der Waals surface area contributed by atoms with Crippen LogP contribution >= 0.6 is 27.7 Å². The van der Waals surface area contributed by atoms with Crippen LogP contribution in [0.4, 0.5) is 0 Å². The van der Waals surface area contributed by atoms with Gasteiger partial charge in [0.2, 0.25) is 0 Å². The molecule has 1 saturated heterocycles. The maximum atomic E-state index is 11.2. The molecule has 7 heteroatoms.